The zero-order valence-electron chi connectivity index (χ0n) is 9.97. The average Bonchev–Trinajstić information content (AvgIpc) is 2.97. The van der Waals surface area contributed by atoms with Crippen molar-refractivity contribution in [1.82, 2.24) is 10.2 Å². The van der Waals surface area contributed by atoms with E-state index in [1.165, 1.54) is 12.0 Å². The average molecular weight is 343 g/mol. The van der Waals surface area contributed by atoms with E-state index < -0.39 is 0 Å². The van der Waals surface area contributed by atoms with Crippen LogP contribution < -0.4 is 5.32 Å². The predicted octanol–water partition coefficient (Wildman–Crippen LogP) is 2.05. The van der Waals surface area contributed by atoms with E-state index in [4.69, 9.17) is 0 Å². The van der Waals surface area contributed by atoms with Gasteiger partial charge in [-0.2, -0.15) is 0 Å². The molecular weight excluding hydrogens is 325 g/mol. The first-order chi connectivity index (χ1) is 7.84. The van der Waals surface area contributed by atoms with Crippen LogP contribution in [0.2, 0.25) is 0 Å². The standard InChI is InChI=1S/C13H17N3.HI/c1-16-8-7-14-13(16)15-12-9-11(12)10-5-3-2-4-6-10;/h2-6,11-12H,7-9H2,1H3,(H,14,15);1H. The summed E-state index contributed by atoms with van der Waals surface area (Å²) in [5, 5.41) is 3.53. The van der Waals surface area contributed by atoms with Crippen LogP contribution in [0.4, 0.5) is 0 Å². The summed E-state index contributed by atoms with van der Waals surface area (Å²) in [5.41, 5.74) is 1.45. The van der Waals surface area contributed by atoms with E-state index >= 15 is 0 Å². The third kappa shape index (κ3) is 2.73. The maximum Gasteiger partial charge on any atom is 0.194 e. The lowest BCUT2D eigenvalue weighted by Crippen LogP contribution is -2.37. The molecule has 0 aromatic heterocycles. The fourth-order valence-electron chi connectivity index (χ4n) is 2.28. The van der Waals surface area contributed by atoms with Crippen LogP contribution in [0.25, 0.3) is 0 Å². The molecule has 1 saturated carbocycles. The summed E-state index contributed by atoms with van der Waals surface area (Å²) in [5.74, 6) is 1.75. The number of hydrogen-bond acceptors (Lipinski definition) is 3. The maximum absolute atomic E-state index is 4.46. The van der Waals surface area contributed by atoms with Crippen LogP contribution in [0.15, 0.2) is 35.3 Å². The van der Waals surface area contributed by atoms with Crippen molar-refractivity contribution in [3.05, 3.63) is 35.9 Å². The van der Waals surface area contributed by atoms with Crippen molar-refractivity contribution in [3.8, 4) is 0 Å². The molecule has 0 saturated heterocycles. The van der Waals surface area contributed by atoms with E-state index in [-0.39, 0.29) is 24.0 Å². The highest BCUT2D eigenvalue weighted by molar-refractivity contribution is 14.0. The van der Waals surface area contributed by atoms with Gasteiger partial charge in [0.2, 0.25) is 0 Å². The van der Waals surface area contributed by atoms with Gasteiger partial charge in [0.1, 0.15) is 0 Å². The van der Waals surface area contributed by atoms with Crippen molar-refractivity contribution < 1.29 is 0 Å². The summed E-state index contributed by atoms with van der Waals surface area (Å²) in [4.78, 5) is 6.65. The third-order valence-electron chi connectivity index (χ3n) is 3.39. The zero-order chi connectivity index (χ0) is 11.0. The van der Waals surface area contributed by atoms with Gasteiger partial charge in [0.25, 0.3) is 0 Å². The van der Waals surface area contributed by atoms with Crippen LogP contribution in [0.5, 0.6) is 0 Å². The topological polar surface area (TPSA) is 27.6 Å². The van der Waals surface area contributed by atoms with Gasteiger partial charge in [-0.3, -0.25) is 4.99 Å². The monoisotopic (exact) mass is 343 g/mol. The molecule has 4 heteroatoms. The van der Waals surface area contributed by atoms with Crippen molar-refractivity contribution in [2.24, 2.45) is 4.99 Å². The number of benzene rings is 1. The highest BCUT2D eigenvalue weighted by atomic mass is 127. The van der Waals surface area contributed by atoms with Gasteiger partial charge < -0.3 is 10.2 Å². The minimum Gasteiger partial charge on any atom is -0.353 e. The van der Waals surface area contributed by atoms with Crippen LogP contribution in [0.1, 0.15) is 17.9 Å². The van der Waals surface area contributed by atoms with Crippen molar-refractivity contribution in [3.63, 3.8) is 0 Å². The molecule has 1 fully saturated rings. The van der Waals surface area contributed by atoms with Crippen LogP contribution in [-0.4, -0.2) is 37.0 Å². The molecule has 1 aromatic rings. The maximum atomic E-state index is 4.46. The molecule has 1 heterocycles. The van der Waals surface area contributed by atoms with Gasteiger partial charge >= 0.3 is 0 Å². The lowest BCUT2D eigenvalue weighted by Gasteiger charge is -2.15. The fourth-order valence-corrected chi connectivity index (χ4v) is 2.28. The largest absolute Gasteiger partial charge is 0.353 e. The zero-order valence-corrected chi connectivity index (χ0v) is 12.3. The number of nitrogens with zero attached hydrogens (tertiary/aromatic N) is 2. The Bertz CT molecular complexity index is 404. The first kappa shape index (κ1) is 12.7. The van der Waals surface area contributed by atoms with Crippen LogP contribution in [0, 0.1) is 0 Å². The van der Waals surface area contributed by atoms with Crippen molar-refractivity contribution >= 4 is 29.9 Å². The van der Waals surface area contributed by atoms with Gasteiger partial charge in [0, 0.05) is 25.6 Å². The van der Waals surface area contributed by atoms with Crippen LogP contribution in [-0.2, 0) is 0 Å². The molecule has 3 nitrogen and oxygen atoms in total. The Balaban J connectivity index is 0.00000108. The Morgan fingerprint density at radius 3 is 2.71 bits per heavy atom. The van der Waals surface area contributed by atoms with Crippen LogP contribution >= 0.6 is 24.0 Å². The van der Waals surface area contributed by atoms with E-state index in [2.05, 4.69) is 52.6 Å². The second kappa shape index (κ2) is 5.25. The minimum absolute atomic E-state index is 0. The van der Waals surface area contributed by atoms with E-state index in [0.29, 0.717) is 12.0 Å². The number of aliphatic imine (C=N–C) groups is 1. The van der Waals surface area contributed by atoms with E-state index in [9.17, 15) is 0 Å². The van der Waals surface area contributed by atoms with Crippen molar-refractivity contribution in [1.29, 1.82) is 0 Å². The Morgan fingerprint density at radius 1 is 1.29 bits per heavy atom. The Hall–Kier alpha value is -0.780. The predicted molar refractivity (Wildman–Crippen MR) is 81.1 cm³/mol. The number of rotatable bonds is 2. The molecule has 3 rings (SSSR count). The molecular formula is C13H18IN3. The Morgan fingerprint density at radius 2 is 2.06 bits per heavy atom. The molecule has 0 radical (unpaired) electrons. The fraction of sp³-hybridized carbons (Fsp3) is 0.462. The summed E-state index contributed by atoms with van der Waals surface area (Å²) in [7, 11) is 2.10. The molecule has 1 aliphatic carbocycles. The number of hydrogen-bond donors (Lipinski definition) is 1. The van der Waals surface area contributed by atoms with Crippen molar-refractivity contribution in [2.75, 3.05) is 20.1 Å². The van der Waals surface area contributed by atoms with Gasteiger partial charge in [-0.05, 0) is 12.0 Å². The lowest BCUT2D eigenvalue weighted by atomic mass is 10.1. The Kier molecular flexibility index (Phi) is 3.91. The molecule has 17 heavy (non-hydrogen) atoms. The molecule has 0 bridgehead atoms. The molecule has 0 spiro atoms. The van der Waals surface area contributed by atoms with E-state index in [0.717, 1.165) is 19.0 Å². The van der Waals surface area contributed by atoms with Gasteiger partial charge in [-0.15, -0.1) is 24.0 Å². The molecule has 2 aliphatic rings. The van der Waals surface area contributed by atoms with Crippen LogP contribution in [0.3, 0.4) is 0 Å². The summed E-state index contributed by atoms with van der Waals surface area (Å²) in [6.45, 7) is 1.98. The van der Waals surface area contributed by atoms with Gasteiger partial charge in [-0.1, -0.05) is 30.3 Å². The summed E-state index contributed by atoms with van der Waals surface area (Å²) in [6, 6.07) is 11.3. The smallest absolute Gasteiger partial charge is 0.194 e. The van der Waals surface area contributed by atoms with E-state index in [1.54, 1.807) is 0 Å². The first-order valence-electron chi connectivity index (χ1n) is 5.91. The van der Waals surface area contributed by atoms with Crippen molar-refractivity contribution in [2.45, 2.75) is 18.4 Å². The summed E-state index contributed by atoms with van der Waals surface area (Å²) < 4.78 is 0. The molecule has 1 aromatic carbocycles. The molecule has 2 atom stereocenters. The second-order valence-corrected chi connectivity index (χ2v) is 4.63. The highest BCUT2D eigenvalue weighted by Gasteiger charge is 2.39. The third-order valence-corrected chi connectivity index (χ3v) is 3.39. The van der Waals surface area contributed by atoms with E-state index in [1.807, 2.05) is 0 Å². The lowest BCUT2D eigenvalue weighted by molar-refractivity contribution is 0.532. The number of guanidine groups is 1. The normalized spacial score (nSPS) is 26.2. The summed E-state index contributed by atoms with van der Waals surface area (Å²) >= 11 is 0. The van der Waals surface area contributed by atoms with Gasteiger partial charge in [0.15, 0.2) is 5.96 Å². The molecule has 2 unspecified atom stereocenters. The van der Waals surface area contributed by atoms with Gasteiger partial charge in [0.05, 0.1) is 6.54 Å². The molecule has 92 valence electrons. The number of halogens is 1. The summed E-state index contributed by atoms with van der Waals surface area (Å²) in [6.07, 6.45) is 1.23. The number of likely N-dealkylation sites (N-methyl/N-ethyl adjacent to an activating group) is 1. The minimum atomic E-state index is 0. The quantitative estimate of drug-likeness (QED) is 0.833. The molecule has 0 amide bonds. The SMILES string of the molecule is CN1CCN=C1NC1CC1c1ccccc1.I. The molecule has 1 aliphatic heterocycles. The number of nitrogens with one attached hydrogen (secondary N) is 1. The Labute approximate surface area is 119 Å². The highest BCUT2D eigenvalue weighted by Crippen LogP contribution is 2.40. The van der Waals surface area contributed by atoms with Gasteiger partial charge in [-0.25, -0.2) is 0 Å². The molecule has 1 N–H and O–H groups in total. The second-order valence-electron chi connectivity index (χ2n) is 4.63. The first-order valence-corrected chi connectivity index (χ1v) is 5.91.